The molecule has 1 rings (SSSR count). The Balaban J connectivity index is 2.25. The molecule has 0 radical (unpaired) electrons. The molecule has 2 heteroatoms. The summed E-state index contributed by atoms with van der Waals surface area (Å²) in [4.78, 5) is 10.5. The van der Waals surface area contributed by atoms with Gasteiger partial charge in [0.15, 0.2) is 0 Å². The van der Waals surface area contributed by atoms with Crippen LogP contribution in [0.4, 0.5) is 0 Å². The Bertz CT molecular complexity index is 413. The van der Waals surface area contributed by atoms with Gasteiger partial charge in [-0.1, -0.05) is 51.2 Å². The second kappa shape index (κ2) is 12.2. The highest BCUT2D eigenvalue weighted by Gasteiger charge is 2.24. The zero-order valence-electron chi connectivity index (χ0n) is 15.0. The third-order valence-electron chi connectivity index (χ3n) is 4.81. The first kappa shape index (κ1) is 19.8. The number of allylic oxidation sites excluding steroid dienone is 2. The van der Waals surface area contributed by atoms with Crippen molar-refractivity contribution >= 4 is 5.97 Å². The van der Waals surface area contributed by atoms with Crippen molar-refractivity contribution in [2.24, 2.45) is 17.8 Å². The maximum absolute atomic E-state index is 10.5. The molecule has 1 saturated carbocycles. The summed E-state index contributed by atoms with van der Waals surface area (Å²) in [7, 11) is 0. The standard InChI is InChI=1S/C21H34O2/c1-3-4-11-18(2)12-9-14-20-16-10-15-19(20)13-7-5-6-8-17-21(22)23/h5,7,18-20H,3-4,6,8,10-13,15-17H2,1-2H3,(H,22,23)/t18?,19-,20-/m0/s1. The summed E-state index contributed by atoms with van der Waals surface area (Å²) in [5.74, 6) is 8.32. The van der Waals surface area contributed by atoms with Crippen molar-refractivity contribution in [3.8, 4) is 11.8 Å². The smallest absolute Gasteiger partial charge is 0.303 e. The topological polar surface area (TPSA) is 37.3 Å². The maximum atomic E-state index is 10.5. The number of hydrogen-bond acceptors (Lipinski definition) is 1. The molecule has 0 aromatic carbocycles. The average Bonchev–Trinajstić information content (AvgIpc) is 2.96. The summed E-state index contributed by atoms with van der Waals surface area (Å²) in [5, 5.41) is 8.61. The van der Waals surface area contributed by atoms with E-state index in [2.05, 4.69) is 37.8 Å². The molecule has 0 amide bonds. The summed E-state index contributed by atoms with van der Waals surface area (Å²) >= 11 is 0. The van der Waals surface area contributed by atoms with Crippen LogP contribution in [0.25, 0.3) is 0 Å². The Morgan fingerprint density at radius 2 is 2.13 bits per heavy atom. The molecule has 1 N–H and O–H groups in total. The van der Waals surface area contributed by atoms with Crippen LogP contribution in [0.3, 0.4) is 0 Å². The number of unbranched alkanes of at least 4 members (excludes halogenated alkanes) is 2. The molecule has 0 aromatic heterocycles. The molecule has 23 heavy (non-hydrogen) atoms. The molecular formula is C21H34O2. The molecule has 0 spiro atoms. The third-order valence-corrected chi connectivity index (χ3v) is 4.81. The Labute approximate surface area is 142 Å². The molecule has 130 valence electrons. The Kier molecular flexibility index (Phi) is 10.5. The lowest BCUT2D eigenvalue weighted by Crippen LogP contribution is -2.04. The zero-order chi connectivity index (χ0) is 16.9. The lowest BCUT2D eigenvalue weighted by atomic mass is 9.92. The summed E-state index contributed by atoms with van der Waals surface area (Å²) in [6.45, 7) is 4.56. The van der Waals surface area contributed by atoms with E-state index in [1.165, 1.54) is 38.5 Å². The van der Waals surface area contributed by atoms with Crippen LogP contribution in [0.5, 0.6) is 0 Å². The summed E-state index contributed by atoms with van der Waals surface area (Å²) in [6, 6.07) is 0. The monoisotopic (exact) mass is 318 g/mol. The van der Waals surface area contributed by atoms with E-state index in [1.807, 2.05) is 0 Å². The third kappa shape index (κ3) is 9.49. The predicted octanol–water partition coefficient (Wildman–Crippen LogP) is 5.82. The largest absolute Gasteiger partial charge is 0.481 e. The number of carbonyl (C=O) groups is 1. The molecule has 1 aliphatic rings. The van der Waals surface area contributed by atoms with E-state index in [0.29, 0.717) is 11.8 Å². The first-order chi connectivity index (χ1) is 11.1. The molecule has 0 heterocycles. The number of aliphatic carboxylic acids is 1. The molecule has 1 unspecified atom stereocenters. The maximum Gasteiger partial charge on any atom is 0.303 e. The van der Waals surface area contributed by atoms with E-state index in [4.69, 9.17) is 5.11 Å². The average molecular weight is 319 g/mol. The molecule has 3 atom stereocenters. The van der Waals surface area contributed by atoms with Gasteiger partial charge in [-0.2, -0.15) is 0 Å². The highest BCUT2D eigenvalue weighted by molar-refractivity contribution is 5.66. The molecule has 1 aliphatic carbocycles. The second-order valence-corrected chi connectivity index (χ2v) is 7.06. The number of rotatable bonds is 10. The highest BCUT2D eigenvalue weighted by Crippen LogP contribution is 2.34. The van der Waals surface area contributed by atoms with E-state index < -0.39 is 5.97 Å². The first-order valence-corrected chi connectivity index (χ1v) is 9.48. The van der Waals surface area contributed by atoms with Crippen LogP contribution in [0.15, 0.2) is 12.2 Å². The van der Waals surface area contributed by atoms with Gasteiger partial charge in [-0.3, -0.25) is 4.79 Å². The van der Waals surface area contributed by atoms with Gasteiger partial charge < -0.3 is 5.11 Å². The van der Waals surface area contributed by atoms with Gasteiger partial charge in [0.25, 0.3) is 0 Å². The van der Waals surface area contributed by atoms with Crippen molar-refractivity contribution in [3.05, 3.63) is 12.2 Å². The zero-order valence-corrected chi connectivity index (χ0v) is 15.0. The molecule has 2 nitrogen and oxygen atoms in total. The molecule has 0 saturated heterocycles. The normalized spacial score (nSPS) is 22.0. The van der Waals surface area contributed by atoms with Crippen molar-refractivity contribution in [3.63, 3.8) is 0 Å². The van der Waals surface area contributed by atoms with Gasteiger partial charge >= 0.3 is 5.97 Å². The van der Waals surface area contributed by atoms with Gasteiger partial charge in [-0.05, 0) is 50.4 Å². The SMILES string of the molecule is CCCCC(C)CC#C[C@H]1CCC[C@@H]1CC=CCCCC(=O)O. The van der Waals surface area contributed by atoms with Gasteiger partial charge in [0.1, 0.15) is 0 Å². The van der Waals surface area contributed by atoms with Crippen molar-refractivity contribution in [2.45, 2.75) is 84.5 Å². The van der Waals surface area contributed by atoms with Gasteiger partial charge in [0.2, 0.25) is 0 Å². The number of carboxylic acids is 1. The first-order valence-electron chi connectivity index (χ1n) is 9.48. The molecule has 1 fully saturated rings. The van der Waals surface area contributed by atoms with Gasteiger partial charge in [-0.15, -0.1) is 5.92 Å². The van der Waals surface area contributed by atoms with Crippen molar-refractivity contribution < 1.29 is 9.90 Å². The minimum absolute atomic E-state index is 0.276. The Morgan fingerprint density at radius 3 is 2.87 bits per heavy atom. The van der Waals surface area contributed by atoms with Crippen LogP contribution in [0.1, 0.15) is 84.5 Å². The summed E-state index contributed by atoms with van der Waals surface area (Å²) < 4.78 is 0. The van der Waals surface area contributed by atoms with Crippen LogP contribution in [-0.4, -0.2) is 11.1 Å². The van der Waals surface area contributed by atoms with Crippen LogP contribution in [-0.2, 0) is 4.79 Å². The Hall–Kier alpha value is -1.23. The summed E-state index contributed by atoms with van der Waals surface area (Å²) in [6.07, 6.45) is 16.2. The fourth-order valence-electron chi connectivity index (χ4n) is 3.29. The Morgan fingerprint density at radius 1 is 1.30 bits per heavy atom. The highest BCUT2D eigenvalue weighted by atomic mass is 16.4. The van der Waals surface area contributed by atoms with E-state index in [-0.39, 0.29) is 6.42 Å². The number of hydrogen-bond donors (Lipinski definition) is 1. The van der Waals surface area contributed by atoms with Crippen LogP contribution in [0, 0.1) is 29.6 Å². The van der Waals surface area contributed by atoms with Gasteiger partial charge in [0, 0.05) is 18.8 Å². The minimum atomic E-state index is -0.697. The van der Waals surface area contributed by atoms with Crippen molar-refractivity contribution in [2.75, 3.05) is 0 Å². The van der Waals surface area contributed by atoms with Gasteiger partial charge in [0.05, 0.1) is 0 Å². The van der Waals surface area contributed by atoms with E-state index >= 15 is 0 Å². The van der Waals surface area contributed by atoms with E-state index in [9.17, 15) is 4.79 Å². The molecular weight excluding hydrogens is 284 g/mol. The van der Waals surface area contributed by atoms with Crippen LogP contribution < -0.4 is 0 Å². The quantitative estimate of drug-likeness (QED) is 0.313. The predicted molar refractivity (Wildman–Crippen MR) is 97.2 cm³/mol. The van der Waals surface area contributed by atoms with E-state index in [0.717, 1.165) is 31.6 Å². The molecule has 0 bridgehead atoms. The fraction of sp³-hybridized carbons (Fsp3) is 0.762. The second-order valence-electron chi connectivity index (χ2n) is 7.06. The minimum Gasteiger partial charge on any atom is -0.481 e. The lowest BCUT2D eigenvalue weighted by Gasteiger charge is -2.12. The lowest BCUT2D eigenvalue weighted by molar-refractivity contribution is -0.137. The number of carboxylic acid groups (broad SMARTS) is 1. The molecule has 0 aromatic rings. The van der Waals surface area contributed by atoms with Crippen molar-refractivity contribution in [1.29, 1.82) is 0 Å². The van der Waals surface area contributed by atoms with Crippen LogP contribution >= 0.6 is 0 Å². The van der Waals surface area contributed by atoms with Crippen molar-refractivity contribution in [1.82, 2.24) is 0 Å². The van der Waals surface area contributed by atoms with E-state index in [1.54, 1.807) is 0 Å². The van der Waals surface area contributed by atoms with Gasteiger partial charge in [-0.25, -0.2) is 0 Å². The molecule has 0 aliphatic heterocycles. The summed E-state index contributed by atoms with van der Waals surface area (Å²) in [5.41, 5.74) is 0. The van der Waals surface area contributed by atoms with Crippen LogP contribution in [0.2, 0.25) is 0 Å². The fourth-order valence-corrected chi connectivity index (χ4v) is 3.29.